The van der Waals surface area contributed by atoms with Gasteiger partial charge < -0.3 is 38.1 Å². The van der Waals surface area contributed by atoms with Crippen molar-refractivity contribution in [2.75, 3.05) is 0 Å². The highest BCUT2D eigenvalue weighted by molar-refractivity contribution is 14.1. The summed E-state index contributed by atoms with van der Waals surface area (Å²) in [5.74, 6) is 4.05. The van der Waals surface area contributed by atoms with Gasteiger partial charge in [-0.05, 0) is 42.6 Å². The van der Waals surface area contributed by atoms with E-state index < -0.39 is 31.6 Å². The van der Waals surface area contributed by atoms with Crippen LogP contribution in [0, 0.1) is 17.5 Å². The molecule has 0 saturated carbocycles. The Morgan fingerprint density at radius 1 is 0.464 bits per heavy atom. The van der Waals surface area contributed by atoms with Crippen LogP contribution in [0.25, 0.3) is 0 Å². The highest BCUT2D eigenvalue weighted by Crippen LogP contribution is 2.43. The third-order valence-electron chi connectivity index (χ3n) is 9.73. The number of hydrogen-bond acceptors (Lipinski definition) is 14. The second-order valence-electron chi connectivity index (χ2n) is 14.7. The molecule has 0 amide bonds. The predicted octanol–water partition coefficient (Wildman–Crippen LogP) is 11.4. The topological polar surface area (TPSA) is 232 Å². The van der Waals surface area contributed by atoms with E-state index in [4.69, 9.17) is 38.1 Å². The van der Waals surface area contributed by atoms with Crippen molar-refractivity contribution in [2.24, 2.45) is 0 Å². The van der Waals surface area contributed by atoms with Crippen molar-refractivity contribution in [3.05, 3.63) is 108 Å². The molecule has 22 heteroatoms. The van der Waals surface area contributed by atoms with Gasteiger partial charge in [0.2, 0.25) is 0 Å². The van der Waals surface area contributed by atoms with Crippen LogP contribution in [0.3, 0.4) is 0 Å². The lowest BCUT2D eigenvalue weighted by Gasteiger charge is -2.20. The standard InChI is InChI=1S/C14H20O2.C9H11BO4.2C7H6BIO4.C6H9IO2.4CH4/c1-2-3-4-5-6-7-8-9-10-11-12-13-14(15)16;1-2-3-4-10-7(5-8(11)13-10)6-9(12)14-10;2*9-2-1-8-5(3-6(10)12-8)4-7(11)13-8;7-5-3-1-2-4-6(8)9;;;;/h3-10H,2,11-13H2,1H3,(H,15,16);3-4H,2,5-6H2,1H3;2*1-2H,3-4H2;3,5H,1-2,4H2,(H,8,9);4*1H4/b4-3+,6-5+,8-7+,10-9+;4-3+;2*2-1+;5-3+;;;;. The second-order valence-corrected chi connectivity index (χ2v) is 16.9. The average molecular weight is 1300 g/mol. The minimum absolute atomic E-state index is 0. The molecule has 2 N–H and O–H groups in total. The van der Waals surface area contributed by atoms with Gasteiger partial charge >= 0.3 is 67.4 Å². The van der Waals surface area contributed by atoms with Crippen LogP contribution >= 0.6 is 67.8 Å². The van der Waals surface area contributed by atoms with E-state index in [1.807, 2.05) is 111 Å². The number of halogens is 3. The van der Waals surface area contributed by atoms with Gasteiger partial charge in [0, 0.05) is 30.3 Å². The van der Waals surface area contributed by atoms with Crippen molar-refractivity contribution >= 4 is 135 Å². The van der Waals surface area contributed by atoms with E-state index in [2.05, 4.69) is 35.6 Å². The number of allylic oxidation sites excluding steroid dienone is 10. The minimum Gasteiger partial charge on any atom is -0.610 e. The van der Waals surface area contributed by atoms with Crippen LogP contribution in [0.5, 0.6) is 0 Å². The van der Waals surface area contributed by atoms with E-state index in [9.17, 15) is 38.4 Å². The fourth-order valence-electron chi connectivity index (χ4n) is 6.75. The average Bonchev–Trinajstić information content (AvgIpc) is 4.02. The number of carboxylic acid groups (broad SMARTS) is 2. The van der Waals surface area contributed by atoms with Crippen molar-refractivity contribution < 1.29 is 76.5 Å². The third kappa shape index (κ3) is 24.4. The van der Waals surface area contributed by atoms with E-state index in [0.717, 1.165) is 49.6 Å². The van der Waals surface area contributed by atoms with Crippen molar-refractivity contribution in [2.45, 2.75) is 133 Å². The largest absolute Gasteiger partial charge is 0.610 e. The maximum atomic E-state index is 11.1. The monoisotopic (exact) mass is 1300 g/mol. The summed E-state index contributed by atoms with van der Waals surface area (Å²) >= 11 is 6.12. The lowest BCUT2D eigenvalue weighted by atomic mass is 9.49. The summed E-state index contributed by atoms with van der Waals surface area (Å²) in [6.07, 6.45) is 26.5. The molecular weight excluding hydrogens is 1230 g/mol. The van der Waals surface area contributed by atoms with E-state index in [1.54, 1.807) is 26.1 Å². The first-order valence-corrected chi connectivity index (χ1v) is 24.6. The molecule has 382 valence electrons. The molecule has 6 aliphatic heterocycles. The summed E-state index contributed by atoms with van der Waals surface area (Å²) in [6, 6.07) is 0. The number of aliphatic carboxylic acids is 2. The molecule has 0 unspecified atom stereocenters. The number of fused-ring (bicyclic) bond motifs is 3. The third-order valence-corrected chi connectivity index (χ3v) is 11.1. The first-order valence-electron chi connectivity index (χ1n) is 20.9. The van der Waals surface area contributed by atoms with E-state index in [1.165, 1.54) is 0 Å². The van der Waals surface area contributed by atoms with Crippen LogP contribution in [0.1, 0.15) is 133 Å². The van der Waals surface area contributed by atoms with Gasteiger partial charge in [-0.25, -0.2) is 0 Å². The zero-order valence-electron chi connectivity index (χ0n) is 36.1. The fraction of sp³-hybridized carbons (Fsp3) is 0.426. The number of carbonyl (C=O) groups excluding carboxylic acids is 6. The highest BCUT2D eigenvalue weighted by Gasteiger charge is 2.64. The minimum atomic E-state index is -1.86. The van der Waals surface area contributed by atoms with Gasteiger partial charge in [-0.3, -0.25) is 38.4 Å². The van der Waals surface area contributed by atoms with Gasteiger partial charge in [0.15, 0.2) is 0 Å². The summed E-state index contributed by atoms with van der Waals surface area (Å²) in [7, 11) is 0. The molecule has 0 atom stereocenters. The molecule has 6 aliphatic rings. The quantitative estimate of drug-likeness (QED) is 0.0481. The summed E-state index contributed by atoms with van der Waals surface area (Å²) in [6.45, 7) is -1.51. The molecule has 6 heterocycles. The summed E-state index contributed by atoms with van der Waals surface area (Å²) < 4.78 is 35.7. The van der Waals surface area contributed by atoms with Crippen molar-refractivity contribution in [1.29, 1.82) is 0 Å². The Morgan fingerprint density at radius 2 is 0.754 bits per heavy atom. The molecule has 69 heavy (non-hydrogen) atoms. The number of carbonyl (C=O) groups is 8. The van der Waals surface area contributed by atoms with Gasteiger partial charge in [-0.2, -0.15) is 0 Å². The maximum Gasteiger partial charge on any atom is 0.582 e. The van der Waals surface area contributed by atoms with Crippen molar-refractivity contribution in [1.82, 2.24) is 0 Å². The van der Waals surface area contributed by atoms with Gasteiger partial charge in [-0.15, -0.1) is 12.1 Å². The van der Waals surface area contributed by atoms with Crippen LogP contribution in [-0.4, -0.2) is 77.6 Å². The van der Waals surface area contributed by atoms with Crippen LogP contribution in [-0.2, 0) is 66.3 Å². The normalized spacial score (nSPS) is 18.5. The molecule has 0 aromatic rings. The van der Waals surface area contributed by atoms with Gasteiger partial charge in [0.1, 0.15) is 38.5 Å². The Bertz CT molecular complexity index is 1810. The Morgan fingerprint density at radius 3 is 1.04 bits per heavy atom. The zero-order chi connectivity index (χ0) is 48.3. The Hall–Kier alpha value is -4.33. The summed E-state index contributed by atoms with van der Waals surface area (Å²) in [5, 5.41) is 16.6. The number of rotatable bonds is 16. The van der Waals surface area contributed by atoms with Gasteiger partial charge in [-0.1, -0.05) is 186 Å². The molecule has 0 spiro atoms. The zero-order valence-corrected chi connectivity index (χ0v) is 42.6. The lowest BCUT2D eigenvalue weighted by molar-refractivity contribution is -0.140. The van der Waals surface area contributed by atoms with Gasteiger partial charge in [0.05, 0.1) is 0 Å². The fourth-order valence-corrected chi connectivity index (χ4v) is 8.20. The molecular formula is C47H68B3I3O16. The van der Waals surface area contributed by atoms with Crippen LogP contribution < -0.4 is 0 Å². The molecule has 0 radical (unpaired) electrons. The molecule has 6 saturated heterocycles. The van der Waals surface area contributed by atoms with Crippen LogP contribution in [0.4, 0.5) is 0 Å². The number of hydrogen-bond donors (Lipinski definition) is 2. The Labute approximate surface area is 450 Å². The SMILES string of the molecule is C.C.C.C.CC/C=C/C=C/C=C/C=C/CCCC(=O)O.CC/C=C/[B-]12OC(=O)C[C+]1CC(=O)O2.O=C(O)CCC/C=C/I.O=C1C[C+]2CC(=O)O[B-]2(/C=C/I)O1.O=C1C[C+]2CC(=O)O[B-]2(/C=C/I)O1. The van der Waals surface area contributed by atoms with Crippen molar-refractivity contribution in [3.8, 4) is 0 Å². The first kappa shape index (κ1) is 68.9. The molecule has 0 aromatic carbocycles. The van der Waals surface area contributed by atoms with Gasteiger partial charge in [0.25, 0.3) is 0 Å². The Kier molecular flexibility index (Phi) is 36.6. The van der Waals surface area contributed by atoms with E-state index >= 15 is 0 Å². The smallest absolute Gasteiger partial charge is 0.582 e. The predicted molar refractivity (Wildman–Crippen MR) is 297 cm³/mol. The molecule has 6 rings (SSSR count). The molecule has 16 nitrogen and oxygen atoms in total. The maximum absolute atomic E-state index is 11.1. The van der Waals surface area contributed by atoms with Crippen molar-refractivity contribution in [3.63, 3.8) is 0 Å². The Balaban J connectivity index is -0.000000785. The molecule has 0 bridgehead atoms. The van der Waals surface area contributed by atoms with E-state index in [0.29, 0.717) is 6.42 Å². The highest BCUT2D eigenvalue weighted by atomic mass is 127. The molecule has 0 aliphatic carbocycles. The van der Waals surface area contributed by atoms with E-state index in [-0.39, 0.29) is 117 Å². The lowest BCUT2D eigenvalue weighted by Crippen LogP contribution is -2.37. The first-order chi connectivity index (χ1) is 31.0. The summed E-state index contributed by atoms with van der Waals surface area (Å²) in [5.41, 5.74) is 0. The molecule has 0 aromatic heterocycles. The second kappa shape index (κ2) is 36.6. The number of unbranched alkanes of at least 4 members (excludes halogenated alkanes) is 2. The van der Waals surface area contributed by atoms with Crippen LogP contribution in [0.15, 0.2) is 90.9 Å². The number of carboxylic acids is 2. The molecule has 6 fully saturated rings. The van der Waals surface area contributed by atoms with Crippen LogP contribution in [0.2, 0.25) is 0 Å². The summed E-state index contributed by atoms with van der Waals surface area (Å²) in [4.78, 5) is 86.3.